The van der Waals surface area contributed by atoms with Crippen LogP contribution in [0.1, 0.15) is 0 Å². The van der Waals surface area contributed by atoms with Crippen molar-refractivity contribution in [1.82, 2.24) is 15.0 Å². The van der Waals surface area contributed by atoms with E-state index in [0.717, 1.165) is 99.0 Å². The Balaban J connectivity index is 1.01. The molecule has 0 amide bonds. The van der Waals surface area contributed by atoms with Crippen LogP contribution in [0, 0.1) is 0 Å². The van der Waals surface area contributed by atoms with Crippen LogP contribution in [0.3, 0.4) is 0 Å². The number of hydrogen-bond acceptors (Lipinski definition) is 5. The molecule has 0 spiro atoms. The van der Waals surface area contributed by atoms with Gasteiger partial charge in [-0.2, -0.15) is 0 Å². The average Bonchev–Trinajstić information content (AvgIpc) is 3.88. The molecule has 0 N–H and O–H groups in total. The molecule has 0 saturated heterocycles. The van der Waals surface area contributed by atoms with E-state index in [1.54, 1.807) is 0 Å². The van der Waals surface area contributed by atoms with E-state index in [0.29, 0.717) is 17.5 Å². The molecule has 0 aliphatic heterocycles. The first-order valence-corrected chi connectivity index (χ1v) is 19.4. The molecule has 0 atom stereocenters. The van der Waals surface area contributed by atoms with Gasteiger partial charge >= 0.3 is 0 Å². The maximum atomic E-state index is 6.21. The van der Waals surface area contributed by atoms with Crippen molar-refractivity contribution >= 4 is 65.4 Å². The van der Waals surface area contributed by atoms with Crippen LogP contribution < -0.4 is 0 Å². The highest BCUT2D eigenvalue weighted by Crippen LogP contribution is 2.40. The molecule has 3 heterocycles. The van der Waals surface area contributed by atoms with Crippen molar-refractivity contribution in [3.8, 4) is 56.4 Å². The highest BCUT2D eigenvalue weighted by atomic mass is 16.3. The zero-order valence-corrected chi connectivity index (χ0v) is 31.1. The number of furan rings is 2. The lowest BCUT2D eigenvalue weighted by Gasteiger charge is -2.13. The van der Waals surface area contributed by atoms with Crippen LogP contribution in [-0.2, 0) is 0 Å². The first-order chi connectivity index (χ1) is 28.7. The van der Waals surface area contributed by atoms with Gasteiger partial charge in [0.05, 0.1) is 0 Å². The molecule has 5 heteroatoms. The Morgan fingerprint density at radius 3 is 1.24 bits per heavy atom. The van der Waals surface area contributed by atoms with Crippen LogP contribution in [0.15, 0.2) is 197 Å². The predicted molar refractivity (Wildman–Crippen MR) is 237 cm³/mol. The maximum Gasteiger partial charge on any atom is 0.164 e. The third-order valence-electron chi connectivity index (χ3n) is 11.4. The number of hydrogen-bond donors (Lipinski definition) is 0. The van der Waals surface area contributed by atoms with E-state index in [2.05, 4.69) is 152 Å². The number of benzene rings is 9. The third-order valence-corrected chi connectivity index (χ3v) is 11.4. The quantitative estimate of drug-likeness (QED) is 0.164. The molecule has 0 saturated carbocycles. The molecular formula is C53H31N3O2. The van der Waals surface area contributed by atoms with Gasteiger partial charge in [0.15, 0.2) is 17.5 Å². The first kappa shape index (κ1) is 32.4. The summed E-state index contributed by atoms with van der Waals surface area (Å²) in [4.78, 5) is 15.6. The van der Waals surface area contributed by atoms with E-state index in [1.165, 1.54) is 5.39 Å². The Morgan fingerprint density at radius 1 is 0.276 bits per heavy atom. The summed E-state index contributed by atoms with van der Waals surface area (Å²) in [7, 11) is 0. The van der Waals surface area contributed by atoms with Crippen molar-refractivity contribution < 1.29 is 8.83 Å². The zero-order valence-electron chi connectivity index (χ0n) is 31.1. The molecule has 0 bridgehead atoms. The van der Waals surface area contributed by atoms with Crippen molar-refractivity contribution in [1.29, 1.82) is 0 Å². The monoisotopic (exact) mass is 741 g/mol. The molecular weight excluding hydrogens is 711 g/mol. The molecule has 0 aliphatic rings. The summed E-state index contributed by atoms with van der Waals surface area (Å²) in [6, 6.07) is 65.1. The van der Waals surface area contributed by atoms with Gasteiger partial charge in [-0.3, -0.25) is 0 Å². The lowest BCUT2D eigenvalue weighted by molar-refractivity contribution is 0.668. The lowest BCUT2D eigenvalue weighted by Crippen LogP contribution is -2.01. The fourth-order valence-corrected chi connectivity index (χ4v) is 8.62. The van der Waals surface area contributed by atoms with Gasteiger partial charge < -0.3 is 8.83 Å². The zero-order chi connectivity index (χ0) is 38.2. The van der Waals surface area contributed by atoms with E-state index in [-0.39, 0.29) is 0 Å². The van der Waals surface area contributed by atoms with Gasteiger partial charge in [0, 0.05) is 38.2 Å². The molecule has 0 radical (unpaired) electrons. The van der Waals surface area contributed by atoms with Crippen LogP contribution in [0.5, 0.6) is 0 Å². The fourth-order valence-electron chi connectivity index (χ4n) is 8.62. The van der Waals surface area contributed by atoms with E-state index in [4.69, 9.17) is 23.8 Å². The van der Waals surface area contributed by atoms with E-state index in [9.17, 15) is 0 Å². The lowest BCUT2D eigenvalue weighted by atomic mass is 9.96. The second kappa shape index (κ2) is 12.8. The van der Waals surface area contributed by atoms with Crippen LogP contribution in [0.4, 0.5) is 0 Å². The number of fused-ring (bicyclic) bond motifs is 9. The molecule has 5 nitrogen and oxygen atoms in total. The van der Waals surface area contributed by atoms with Crippen molar-refractivity contribution in [2.75, 3.05) is 0 Å². The van der Waals surface area contributed by atoms with Crippen LogP contribution in [0.25, 0.3) is 122 Å². The van der Waals surface area contributed by atoms with Crippen LogP contribution in [0.2, 0.25) is 0 Å². The van der Waals surface area contributed by atoms with Crippen LogP contribution >= 0.6 is 0 Å². The Labute approximate surface area is 332 Å². The Kier molecular flexibility index (Phi) is 7.16. The van der Waals surface area contributed by atoms with Gasteiger partial charge in [-0.15, -0.1) is 0 Å². The Bertz CT molecular complexity index is 3390. The molecule has 270 valence electrons. The van der Waals surface area contributed by atoms with Gasteiger partial charge in [-0.1, -0.05) is 158 Å². The number of aromatic nitrogens is 3. The Morgan fingerprint density at radius 2 is 0.690 bits per heavy atom. The number of para-hydroxylation sites is 2. The summed E-state index contributed by atoms with van der Waals surface area (Å²) in [5.41, 5.74) is 10.7. The minimum Gasteiger partial charge on any atom is -0.456 e. The van der Waals surface area contributed by atoms with E-state index >= 15 is 0 Å². The summed E-state index contributed by atoms with van der Waals surface area (Å²) in [5, 5.41) is 9.02. The normalized spacial score (nSPS) is 11.8. The van der Waals surface area contributed by atoms with Crippen molar-refractivity contribution in [2.24, 2.45) is 0 Å². The minimum absolute atomic E-state index is 0.606. The van der Waals surface area contributed by atoms with Gasteiger partial charge in [0.2, 0.25) is 0 Å². The molecule has 0 unspecified atom stereocenters. The van der Waals surface area contributed by atoms with Crippen molar-refractivity contribution in [3.63, 3.8) is 0 Å². The highest BCUT2D eigenvalue weighted by molar-refractivity contribution is 6.15. The summed E-state index contributed by atoms with van der Waals surface area (Å²) >= 11 is 0. The smallest absolute Gasteiger partial charge is 0.164 e. The second-order valence-corrected chi connectivity index (χ2v) is 14.7. The van der Waals surface area contributed by atoms with Gasteiger partial charge in [-0.25, -0.2) is 15.0 Å². The number of rotatable bonds is 5. The molecule has 0 fully saturated rings. The van der Waals surface area contributed by atoms with Crippen LogP contribution in [-0.4, -0.2) is 15.0 Å². The summed E-state index contributed by atoms with van der Waals surface area (Å²) < 4.78 is 12.4. The largest absolute Gasteiger partial charge is 0.456 e. The standard InChI is InChI=1S/C53H31N3O2/c1-2-12-37-36(11-1)31-44(41-14-4-3-13-40(37)41)53-55-51(34-27-23-32(24-28-34)38-17-9-21-47-49(38)42-15-5-7-19-45(42)57-47)54-52(56-53)35-29-25-33(26-30-35)39-18-10-22-48-50(39)43-16-6-8-20-46(43)58-48/h1-31H. The van der Waals surface area contributed by atoms with Gasteiger partial charge in [-0.05, 0) is 74.1 Å². The molecule has 12 aromatic rings. The SMILES string of the molecule is c1ccc2c(c1)cc(-c1nc(-c3ccc(-c4cccc5oc6ccccc6c45)cc3)nc(-c3ccc(-c4cccc5oc6ccccc6c45)cc3)n1)c1ccccc12. The molecule has 12 rings (SSSR count). The number of nitrogens with zero attached hydrogens (tertiary/aromatic N) is 3. The van der Waals surface area contributed by atoms with Crippen molar-refractivity contribution in [3.05, 3.63) is 188 Å². The predicted octanol–water partition coefficient (Wildman–Crippen LogP) is 14.3. The maximum absolute atomic E-state index is 6.21. The first-order valence-electron chi connectivity index (χ1n) is 19.4. The average molecular weight is 742 g/mol. The van der Waals surface area contributed by atoms with Gasteiger partial charge in [0.25, 0.3) is 0 Å². The van der Waals surface area contributed by atoms with Gasteiger partial charge in [0.1, 0.15) is 22.3 Å². The molecule has 3 aromatic heterocycles. The van der Waals surface area contributed by atoms with E-state index < -0.39 is 0 Å². The minimum atomic E-state index is 0.606. The third kappa shape index (κ3) is 5.14. The topological polar surface area (TPSA) is 65.0 Å². The summed E-state index contributed by atoms with van der Waals surface area (Å²) in [6.45, 7) is 0. The summed E-state index contributed by atoms with van der Waals surface area (Å²) in [5.74, 6) is 1.84. The van der Waals surface area contributed by atoms with E-state index in [1.807, 2.05) is 36.4 Å². The Hall–Kier alpha value is -7.89. The molecule has 58 heavy (non-hydrogen) atoms. The second-order valence-electron chi connectivity index (χ2n) is 14.7. The van der Waals surface area contributed by atoms with Crippen molar-refractivity contribution in [2.45, 2.75) is 0 Å². The highest BCUT2D eigenvalue weighted by Gasteiger charge is 2.18. The molecule has 0 aliphatic carbocycles. The molecule has 9 aromatic carbocycles. The fraction of sp³-hybridized carbons (Fsp3) is 0. The summed E-state index contributed by atoms with van der Waals surface area (Å²) in [6.07, 6.45) is 0.